The fourth-order valence-electron chi connectivity index (χ4n) is 2.54. The molecule has 0 aliphatic carbocycles. The van der Waals surface area contributed by atoms with E-state index in [1.54, 1.807) is 0 Å². The van der Waals surface area contributed by atoms with Crippen LogP contribution in [0.3, 0.4) is 0 Å². The number of carbonyl (C=O) groups is 1. The number of morpholine rings is 1. The molecule has 2 heterocycles. The zero-order chi connectivity index (χ0) is 12.8. The minimum absolute atomic E-state index is 0.242. The Hall–Kier alpha value is -0.650. The minimum Gasteiger partial charge on any atom is -0.378 e. The number of nitrogens with one attached hydrogen (secondary N) is 1. The van der Waals surface area contributed by atoms with Gasteiger partial charge in [-0.2, -0.15) is 0 Å². The van der Waals surface area contributed by atoms with Crippen LogP contribution in [0.5, 0.6) is 0 Å². The SMILES string of the molecule is C[C@H]1C[C@H](NCCC(=O)N2CCOCC2)CCO1. The second-order valence-electron chi connectivity index (χ2n) is 5.10. The van der Waals surface area contributed by atoms with Gasteiger partial charge in [0.05, 0.1) is 19.3 Å². The van der Waals surface area contributed by atoms with Crippen LogP contribution in [0.4, 0.5) is 0 Å². The summed E-state index contributed by atoms with van der Waals surface area (Å²) < 4.78 is 10.7. The molecule has 2 aliphatic heterocycles. The van der Waals surface area contributed by atoms with Crippen molar-refractivity contribution in [3.05, 3.63) is 0 Å². The van der Waals surface area contributed by atoms with Crippen LogP contribution >= 0.6 is 0 Å². The van der Waals surface area contributed by atoms with Crippen molar-refractivity contribution in [2.45, 2.75) is 38.3 Å². The average Bonchev–Trinajstić information content (AvgIpc) is 2.40. The van der Waals surface area contributed by atoms with Crippen molar-refractivity contribution in [1.29, 1.82) is 0 Å². The molecule has 0 aromatic heterocycles. The highest BCUT2D eigenvalue weighted by molar-refractivity contribution is 5.76. The third-order valence-corrected chi connectivity index (χ3v) is 3.62. The van der Waals surface area contributed by atoms with Gasteiger partial charge in [0.2, 0.25) is 5.91 Å². The van der Waals surface area contributed by atoms with Crippen LogP contribution in [-0.2, 0) is 14.3 Å². The third-order valence-electron chi connectivity index (χ3n) is 3.62. The Morgan fingerprint density at radius 2 is 2.11 bits per heavy atom. The van der Waals surface area contributed by atoms with Gasteiger partial charge in [0, 0.05) is 38.7 Å². The van der Waals surface area contributed by atoms with Gasteiger partial charge >= 0.3 is 0 Å². The number of nitrogens with zero attached hydrogens (tertiary/aromatic N) is 1. The van der Waals surface area contributed by atoms with Gasteiger partial charge in [-0.15, -0.1) is 0 Å². The van der Waals surface area contributed by atoms with E-state index in [0.717, 1.165) is 39.1 Å². The standard InChI is InChI=1S/C13H24N2O3/c1-11-10-12(3-7-18-11)14-4-2-13(16)15-5-8-17-9-6-15/h11-12,14H,2-10H2,1H3/t11-,12+/m0/s1. The van der Waals surface area contributed by atoms with E-state index < -0.39 is 0 Å². The lowest BCUT2D eigenvalue weighted by Gasteiger charge is -2.29. The first-order valence-electron chi connectivity index (χ1n) is 6.96. The molecular formula is C13H24N2O3. The summed E-state index contributed by atoms with van der Waals surface area (Å²) in [4.78, 5) is 13.8. The summed E-state index contributed by atoms with van der Waals surface area (Å²) in [5.41, 5.74) is 0. The molecular weight excluding hydrogens is 232 g/mol. The van der Waals surface area contributed by atoms with E-state index >= 15 is 0 Å². The number of ether oxygens (including phenoxy) is 2. The predicted octanol–water partition coefficient (Wildman–Crippen LogP) is 0.392. The van der Waals surface area contributed by atoms with E-state index in [0.29, 0.717) is 31.8 Å². The molecule has 0 aromatic rings. The molecule has 2 atom stereocenters. The van der Waals surface area contributed by atoms with Gasteiger partial charge in [-0.3, -0.25) is 4.79 Å². The Labute approximate surface area is 109 Å². The first-order valence-corrected chi connectivity index (χ1v) is 6.96. The van der Waals surface area contributed by atoms with Gasteiger partial charge in [0.1, 0.15) is 0 Å². The van der Waals surface area contributed by atoms with Crippen LogP contribution in [0, 0.1) is 0 Å². The highest BCUT2D eigenvalue weighted by atomic mass is 16.5. The van der Waals surface area contributed by atoms with Crippen LogP contribution in [0.25, 0.3) is 0 Å². The number of amides is 1. The Morgan fingerprint density at radius 1 is 1.33 bits per heavy atom. The fourth-order valence-corrected chi connectivity index (χ4v) is 2.54. The highest BCUT2D eigenvalue weighted by Crippen LogP contribution is 2.13. The summed E-state index contributed by atoms with van der Waals surface area (Å²) in [7, 11) is 0. The average molecular weight is 256 g/mol. The quantitative estimate of drug-likeness (QED) is 0.790. The normalized spacial score (nSPS) is 29.3. The number of hydrogen-bond donors (Lipinski definition) is 1. The van der Waals surface area contributed by atoms with Gasteiger partial charge in [0.15, 0.2) is 0 Å². The van der Waals surface area contributed by atoms with Crippen molar-refractivity contribution >= 4 is 5.91 Å². The Morgan fingerprint density at radius 3 is 2.83 bits per heavy atom. The monoisotopic (exact) mass is 256 g/mol. The Kier molecular flexibility index (Phi) is 5.41. The minimum atomic E-state index is 0.242. The molecule has 0 aromatic carbocycles. The maximum Gasteiger partial charge on any atom is 0.224 e. The first kappa shape index (κ1) is 13.8. The molecule has 2 fully saturated rings. The van der Waals surface area contributed by atoms with Crippen LogP contribution in [0.1, 0.15) is 26.2 Å². The molecule has 104 valence electrons. The molecule has 18 heavy (non-hydrogen) atoms. The maximum absolute atomic E-state index is 11.9. The van der Waals surface area contributed by atoms with Crippen molar-refractivity contribution in [2.75, 3.05) is 39.5 Å². The first-order chi connectivity index (χ1) is 8.75. The number of carbonyl (C=O) groups excluding carboxylic acids is 1. The second-order valence-corrected chi connectivity index (χ2v) is 5.10. The molecule has 2 aliphatic rings. The van der Waals surface area contributed by atoms with Crippen molar-refractivity contribution in [1.82, 2.24) is 10.2 Å². The molecule has 0 spiro atoms. The summed E-state index contributed by atoms with van der Waals surface area (Å²) in [5.74, 6) is 0.242. The summed E-state index contributed by atoms with van der Waals surface area (Å²) in [5, 5.41) is 3.46. The lowest BCUT2D eigenvalue weighted by atomic mass is 10.0. The molecule has 0 radical (unpaired) electrons. The van der Waals surface area contributed by atoms with Crippen LogP contribution < -0.4 is 5.32 Å². The Bertz CT molecular complexity index is 267. The fraction of sp³-hybridized carbons (Fsp3) is 0.923. The van der Waals surface area contributed by atoms with Gasteiger partial charge in [-0.25, -0.2) is 0 Å². The maximum atomic E-state index is 11.9. The van der Waals surface area contributed by atoms with Crippen LogP contribution in [0.15, 0.2) is 0 Å². The summed E-state index contributed by atoms with van der Waals surface area (Å²) in [6.07, 6.45) is 3.03. The van der Waals surface area contributed by atoms with E-state index in [1.165, 1.54) is 0 Å². The van der Waals surface area contributed by atoms with Crippen LogP contribution in [-0.4, -0.2) is 62.4 Å². The lowest BCUT2D eigenvalue weighted by Crippen LogP contribution is -2.43. The van der Waals surface area contributed by atoms with E-state index in [4.69, 9.17) is 9.47 Å². The van der Waals surface area contributed by atoms with E-state index in [9.17, 15) is 4.79 Å². The molecule has 0 unspecified atom stereocenters. The Balaban J connectivity index is 1.60. The molecule has 5 nitrogen and oxygen atoms in total. The molecule has 0 bridgehead atoms. The predicted molar refractivity (Wildman–Crippen MR) is 68.5 cm³/mol. The molecule has 0 saturated carbocycles. The lowest BCUT2D eigenvalue weighted by molar-refractivity contribution is -0.135. The third kappa shape index (κ3) is 4.23. The largest absolute Gasteiger partial charge is 0.378 e. The van der Waals surface area contributed by atoms with Gasteiger partial charge in [0.25, 0.3) is 0 Å². The summed E-state index contributed by atoms with van der Waals surface area (Å²) >= 11 is 0. The van der Waals surface area contributed by atoms with E-state index in [1.807, 2.05) is 4.90 Å². The number of hydrogen-bond acceptors (Lipinski definition) is 4. The topological polar surface area (TPSA) is 50.8 Å². The zero-order valence-corrected chi connectivity index (χ0v) is 11.2. The van der Waals surface area contributed by atoms with Crippen molar-refractivity contribution in [3.8, 4) is 0 Å². The molecule has 2 rings (SSSR count). The zero-order valence-electron chi connectivity index (χ0n) is 11.2. The molecule has 1 amide bonds. The van der Waals surface area contributed by atoms with Crippen LogP contribution in [0.2, 0.25) is 0 Å². The van der Waals surface area contributed by atoms with Gasteiger partial charge < -0.3 is 19.7 Å². The second kappa shape index (κ2) is 7.07. The highest BCUT2D eigenvalue weighted by Gasteiger charge is 2.20. The number of rotatable bonds is 4. The summed E-state index contributed by atoms with van der Waals surface area (Å²) in [6.45, 7) is 6.55. The van der Waals surface area contributed by atoms with E-state index in [2.05, 4.69) is 12.2 Å². The summed E-state index contributed by atoms with van der Waals surface area (Å²) in [6, 6.07) is 0.506. The van der Waals surface area contributed by atoms with Crippen molar-refractivity contribution in [2.24, 2.45) is 0 Å². The van der Waals surface area contributed by atoms with Gasteiger partial charge in [-0.05, 0) is 19.8 Å². The van der Waals surface area contributed by atoms with E-state index in [-0.39, 0.29) is 5.91 Å². The van der Waals surface area contributed by atoms with Crippen molar-refractivity contribution in [3.63, 3.8) is 0 Å². The smallest absolute Gasteiger partial charge is 0.224 e. The molecule has 5 heteroatoms. The molecule has 1 N–H and O–H groups in total. The van der Waals surface area contributed by atoms with Crippen molar-refractivity contribution < 1.29 is 14.3 Å². The van der Waals surface area contributed by atoms with Gasteiger partial charge in [-0.1, -0.05) is 0 Å². The molecule has 2 saturated heterocycles.